The lowest BCUT2D eigenvalue weighted by Crippen LogP contribution is -2.29. The molecular weight excluding hydrogens is 282 g/mol. The van der Waals surface area contributed by atoms with Crippen LogP contribution in [0.1, 0.15) is 24.1 Å². The molecule has 0 saturated carbocycles. The molecule has 0 radical (unpaired) electrons. The molecule has 0 fully saturated rings. The fraction of sp³-hybridized carbons (Fsp3) is 0.308. The van der Waals surface area contributed by atoms with E-state index in [-0.39, 0.29) is 5.91 Å². The van der Waals surface area contributed by atoms with Crippen LogP contribution < -0.4 is 4.90 Å². The van der Waals surface area contributed by atoms with Gasteiger partial charge in [-0.1, -0.05) is 34.3 Å². The van der Waals surface area contributed by atoms with E-state index >= 15 is 0 Å². The highest BCUT2D eigenvalue weighted by Gasteiger charge is 2.23. The first-order chi connectivity index (χ1) is 9.25. The summed E-state index contributed by atoms with van der Waals surface area (Å²) < 4.78 is 4.36. The van der Waals surface area contributed by atoms with Crippen LogP contribution in [0, 0.1) is 0 Å². The van der Waals surface area contributed by atoms with Crippen molar-refractivity contribution >= 4 is 34.7 Å². The number of rotatable bonds is 2. The van der Waals surface area contributed by atoms with Gasteiger partial charge in [0.25, 0.3) is 0 Å². The van der Waals surface area contributed by atoms with Crippen LogP contribution in [0.5, 0.6) is 0 Å². The summed E-state index contributed by atoms with van der Waals surface area (Å²) in [6.45, 7) is 0.394. The third kappa shape index (κ3) is 2.48. The molecular formula is C13H12ClN3OS. The summed E-state index contributed by atoms with van der Waals surface area (Å²) >= 11 is 7.18. The van der Waals surface area contributed by atoms with Crippen LogP contribution in [-0.2, 0) is 17.8 Å². The molecule has 1 aliphatic heterocycles. The molecule has 19 heavy (non-hydrogen) atoms. The van der Waals surface area contributed by atoms with Gasteiger partial charge in [0.05, 0.1) is 6.54 Å². The van der Waals surface area contributed by atoms with Crippen LogP contribution in [-0.4, -0.2) is 15.5 Å². The zero-order valence-electron chi connectivity index (χ0n) is 10.2. The number of halogens is 1. The van der Waals surface area contributed by atoms with Crippen LogP contribution in [0.4, 0.5) is 5.69 Å². The van der Waals surface area contributed by atoms with Crippen molar-refractivity contribution in [3.8, 4) is 0 Å². The van der Waals surface area contributed by atoms with Crippen molar-refractivity contribution in [1.29, 1.82) is 0 Å². The van der Waals surface area contributed by atoms with Gasteiger partial charge in [-0.15, -0.1) is 5.10 Å². The van der Waals surface area contributed by atoms with Crippen molar-refractivity contribution in [3.05, 3.63) is 39.9 Å². The highest BCUT2D eigenvalue weighted by atomic mass is 35.5. The molecule has 2 aromatic rings. The summed E-state index contributed by atoms with van der Waals surface area (Å²) in [6.07, 6.45) is 2.38. The Labute approximate surface area is 120 Å². The summed E-state index contributed by atoms with van der Waals surface area (Å²) in [5.74, 6) is 0.119. The van der Waals surface area contributed by atoms with E-state index in [2.05, 4.69) is 15.7 Å². The average Bonchev–Trinajstić information content (AvgIpc) is 2.74. The predicted molar refractivity (Wildman–Crippen MR) is 75.5 cm³/mol. The molecule has 4 nitrogen and oxygen atoms in total. The zero-order valence-corrected chi connectivity index (χ0v) is 11.7. The van der Waals surface area contributed by atoms with Crippen molar-refractivity contribution in [2.75, 3.05) is 4.90 Å². The Hall–Kier alpha value is -1.46. The van der Waals surface area contributed by atoms with Crippen molar-refractivity contribution < 1.29 is 4.79 Å². The highest BCUT2D eigenvalue weighted by molar-refractivity contribution is 7.10. The number of hydrogen-bond acceptors (Lipinski definition) is 4. The maximum Gasteiger partial charge on any atom is 0.227 e. The molecule has 0 saturated heterocycles. The predicted octanol–water partition coefficient (Wildman–Crippen LogP) is 3.06. The first-order valence-corrected chi connectivity index (χ1v) is 7.26. The minimum absolute atomic E-state index is 0.119. The smallest absolute Gasteiger partial charge is 0.227 e. The summed E-state index contributed by atoms with van der Waals surface area (Å²) in [5.41, 5.74) is 2.83. The van der Waals surface area contributed by atoms with Gasteiger partial charge >= 0.3 is 0 Å². The number of nitrogens with zero attached hydrogens (tertiary/aromatic N) is 3. The van der Waals surface area contributed by atoms with Crippen LogP contribution in [0.2, 0.25) is 4.34 Å². The molecule has 98 valence electrons. The third-order valence-electron chi connectivity index (χ3n) is 3.24. The largest absolute Gasteiger partial charge is 0.306 e. The standard InChI is InChI=1S/C13H12ClN3OS/c14-13-10(15-16-19-13)8-17-11-6-2-1-4-9(11)5-3-7-12(17)18/h1-2,4,6H,3,5,7-8H2. The number of aryl methyl sites for hydroxylation is 1. The van der Waals surface area contributed by atoms with Gasteiger partial charge in [-0.05, 0) is 24.5 Å². The van der Waals surface area contributed by atoms with E-state index in [1.807, 2.05) is 18.2 Å². The van der Waals surface area contributed by atoms with Crippen LogP contribution >= 0.6 is 23.1 Å². The number of anilines is 1. The number of fused-ring (bicyclic) bond motifs is 1. The Morgan fingerprint density at radius 2 is 2.16 bits per heavy atom. The average molecular weight is 294 g/mol. The summed E-state index contributed by atoms with van der Waals surface area (Å²) in [4.78, 5) is 14.0. The van der Waals surface area contributed by atoms with E-state index in [1.54, 1.807) is 4.90 Å². The van der Waals surface area contributed by atoms with E-state index in [4.69, 9.17) is 11.6 Å². The molecule has 0 N–H and O–H groups in total. The lowest BCUT2D eigenvalue weighted by Gasteiger charge is -2.22. The van der Waals surface area contributed by atoms with E-state index in [9.17, 15) is 4.79 Å². The van der Waals surface area contributed by atoms with Gasteiger partial charge in [-0.2, -0.15) is 0 Å². The third-order valence-corrected chi connectivity index (χ3v) is 4.22. The summed E-state index contributed by atoms with van der Waals surface area (Å²) in [6, 6.07) is 8.00. The van der Waals surface area contributed by atoms with Gasteiger partial charge in [-0.3, -0.25) is 4.79 Å². The second kappa shape index (κ2) is 5.27. The number of carbonyl (C=O) groups excluding carboxylic acids is 1. The summed E-state index contributed by atoms with van der Waals surface area (Å²) in [5, 5.41) is 3.99. The molecule has 6 heteroatoms. The first kappa shape index (κ1) is 12.6. The first-order valence-electron chi connectivity index (χ1n) is 6.10. The Morgan fingerprint density at radius 3 is 2.95 bits per heavy atom. The maximum absolute atomic E-state index is 12.3. The van der Waals surface area contributed by atoms with E-state index in [0.717, 1.165) is 30.1 Å². The van der Waals surface area contributed by atoms with Gasteiger partial charge < -0.3 is 4.90 Å². The SMILES string of the molecule is O=C1CCCc2ccccc2N1Cc1nnsc1Cl. The molecule has 1 aromatic carbocycles. The van der Waals surface area contributed by atoms with Gasteiger partial charge in [0.15, 0.2) is 0 Å². The second-order valence-electron chi connectivity index (χ2n) is 4.46. The van der Waals surface area contributed by atoms with Crippen molar-refractivity contribution in [3.63, 3.8) is 0 Å². The molecule has 1 aromatic heterocycles. The topological polar surface area (TPSA) is 46.1 Å². The fourth-order valence-corrected chi connectivity index (χ4v) is 2.91. The van der Waals surface area contributed by atoms with Gasteiger partial charge in [-0.25, -0.2) is 0 Å². The number of aromatic nitrogens is 2. The molecule has 1 amide bonds. The Morgan fingerprint density at radius 1 is 1.32 bits per heavy atom. The lowest BCUT2D eigenvalue weighted by atomic mass is 10.1. The second-order valence-corrected chi connectivity index (χ2v) is 5.81. The Kier molecular flexibility index (Phi) is 3.48. The van der Waals surface area contributed by atoms with E-state index < -0.39 is 0 Å². The Bertz CT molecular complexity index is 613. The molecule has 2 heterocycles. The summed E-state index contributed by atoms with van der Waals surface area (Å²) in [7, 11) is 0. The molecule has 0 spiro atoms. The van der Waals surface area contributed by atoms with Gasteiger partial charge in [0.2, 0.25) is 5.91 Å². The van der Waals surface area contributed by atoms with Crippen LogP contribution in [0.3, 0.4) is 0 Å². The van der Waals surface area contributed by atoms with Crippen molar-refractivity contribution in [2.24, 2.45) is 0 Å². The van der Waals surface area contributed by atoms with Crippen LogP contribution in [0.15, 0.2) is 24.3 Å². The zero-order chi connectivity index (χ0) is 13.2. The fourth-order valence-electron chi connectivity index (χ4n) is 2.30. The quantitative estimate of drug-likeness (QED) is 0.855. The molecule has 0 unspecified atom stereocenters. The molecule has 0 atom stereocenters. The Balaban J connectivity index is 1.98. The number of carbonyl (C=O) groups is 1. The normalized spacial score (nSPS) is 15.2. The molecule has 0 aliphatic carbocycles. The maximum atomic E-state index is 12.3. The highest BCUT2D eigenvalue weighted by Crippen LogP contribution is 2.29. The van der Waals surface area contributed by atoms with Crippen molar-refractivity contribution in [1.82, 2.24) is 9.59 Å². The van der Waals surface area contributed by atoms with Crippen LogP contribution in [0.25, 0.3) is 0 Å². The molecule has 0 bridgehead atoms. The number of amides is 1. The lowest BCUT2D eigenvalue weighted by molar-refractivity contribution is -0.118. The van der Waals surface area contributed by atoms with Gasteiger partial charge in [0.1, 0.15) is 10.0 Å². The number of benzene rings is 1. The monoisotopic (exact) mass is 293 g/mol. The minimum Gasteiger partial charge on any atom is -0.306 e. The number of hydrogen-bond donors (Lipinski definition) is 0. The molecule has 3 rings (SSSR count). The molecule has 1 aliphatic rings. The van der Waals surface area contributed by atoms with Crippen molar-refractivity contribution in [2.45, 2.75) is 25.8 Å². The number of para-hydroxylation sites is 1. The van der Waals surface area contributed by atoms with E-state index in [0.29, 0.717) is 23.0 Å². The van der Waals surface area contributed by atoms with E-state index in [1.165, 1.54) is 5.56 Å². The minimum atomic E-state index is 0.119. The van der Waals surface area contributed by atoms with Gasteiger partial charge in [0, 0.05) is 23.6 Å².